The number of hydrogen-bond donors (Lipinski definition) is 1. The molecule has 2 bridgehead atoms. The molecular formula is C25H27N5O. The van der Waals surface area contributed by atoms with E-state index in [1.165, 1.54) is 16.6 Å². The van der Waals surface area contributed by atoms with Gasteiger partial charge in [0.15, 0.2) is 0 Å². The maximum Gasteiger partial charge on any atom is 0.254 e. The molecule has 1 amide bonds. The van der Waals surface area contributed by atoms with Gasteiger partial charge in [-0.25, -0.2) is 9.97 Å². The molecule has 1 aliphatic heterocycles. The first-order valence-corrected chi connectivity index (χ1v) is 11.0. The first kappa shape index (κ1) is 18.6. The third-order valence-electron chi connectivity index (χ3n) is 8.37. The summed E-state index contributed by atoms with van der Waals surface area (Å²) >= 11 is 0. The number of piperidine rings is 1. The lowest BCUT2D eigenvalue weighted by Gasteiger charge is -2.60. The van der Waals surface area contributed by atoms with Crippen molar-refractivity contribution < 1.29 is 4.79 Å². The fraction of sp³-hybridized carbons (Fsp3) is 0.400. The number of imidazole rings is 2. The van der Waals surface area contributed by atoms with Crippen molar-refractivity contribution in [3.05, 3.63) is 59.7 Å². The maximum atomic E-state index is 13.7. The van der Waals surface area contributed by atoms with E-state index in [0.29, 0.717) is 0 Å². The van der Waals surface area contributed by atoms with E-state index in [4.69, 9.17) is 0 Å². The van der Waals surface area contributed by atoms with E-state index < -0.39 is 0 Å². The Morgan fingerprint density at radius 1 is 1.13 bits per heavy atom. The summed E-state index contributed by atoms with van der Waals surface area (Å²) in [5.41, 5.74) is 7.45. The number of likely N-dealkylation sites (tertiary alicyclic amines) is 1. The van der Waals surface area contributed by atoms with Crippen molar-refractivity contribution in [2.24, 2.45) is 12.5 Å². The van der Waals surface area contributed by atoms with Crippen LogP contribution in [0.1, 0.15) is 48.7 Å². The zero-order chi connectivity index (χ0) is 21.5. The summed E-state index contributed by atoms with van der Waals surface area (Å²) in [5.74, 6) is 0.110. The van der Waals surface area contributed by atoms with Gasteiger partial charge in [-0.1, -0.05) is 20.8 Å². The monoisotopic (exact) mass is 413 g/mol. The van der Waals surface area contributed by atoms with Gasteiger partial charge in [0, 0.05) is 30.6 Å². The normalized spacial score (nSPS) is 24.5. The SMILES string of the molecule is Cn1cnc2cc3c(cc21)[C@]1(C)CCN(C(=O)c2ccc4nc[nH]c4c2)C(C3)C1(C)C. The lowest BCUT2D eigenvalue weighted by atomic mass is 9.51. The standard InChI is InChI=1S/C25H27N5O/c1-24(2)22-11-16-10-20-21(29(4)14-28-20)12-17(16)25(24,3)7-8-30(22)23(31)15-5-6-18-19(9-15)27-13-26-18/h5-6,9-10,12-14,22H,7-8,11H2,1-4H3,(H,26,27)/t22?,25-/m0/s1. The smallest absolute Gasteiger partial charge is 0.254 e. The molecular weight excluding hydrogens is 386 g/mol. The maximum absolute atomic E-state index is 13.7. The van der Waals surface area contributed by atoms with Crippen LogP contribution in [0.4, 0.5) is 0 Å². The lowest BCUT2D eigenvalue weighted by molar-refractivity contribution is -0.0261. The van der Waals surface area contributed by atoms with Gasteiger partial charge in [-0.3, -0.25) is 4.79 Å². The predicted molar refractivity (Wildman–Crippen MR) is 121 cm³/mol. The molecule has 6 rings (SSSR count). The van der Waals surface area contributed by atoms with E-state index in [9.17, 15) is 4.79 Å². The molecule has 31 heavy (non-hydrogen) atoms. The highest BCUT2D eigenvalue weighted by Crippen LogP contribution is 2.56. The number of nitrogens with zero attached hydrogens (tertiary/aromatic N) is 4. The fourth-order valence-corrected chi connectivity index (χ4v) is 6.01. The summed E-state index contributed by atoms with van der Waals surface area (Å²) in [6, 6.07) is 10.5. The van der Waals surface area contributed by atoms with E-state index in [1.807, 2.05) is 24.5 Å². The van der Waals surface area contributed by atoms with Gasteiger partial charge >= 0.3 is 0 Å². The molecule has 0 saturated carbocycles. The average molecular weight is 414 g/mol. The zero-order valence-electron chi connectivity index (χ0n) is 18.4. The van der Waals surface area contributed by atoms with Crippen molar-refractivity contribution >= 4 is 28.0 Å². The third-order valence-corrected chi connectivity index (χ3v) is 8.37. The topological polar surface area (TPSA) is 66.8 Å². The summed E-state index contributed by atoms with van der Waals surface area (Å²) in [6.45, 7) is 7.84. The van der Waals surface area contributed by atoms with E-state index in [0.717, 1.165) is 41.5 Å². The van der Waals surface area contributed by atoms with Crippen LogP contribution in [0.25, 0.3) is 22.1 Å². The molecule has 3 heterocycles. The highest BCUT2D eigenvalue weighted by Gasteiger charge is 2.57. The molecule has 2 atom stereocenters. The minimum Gasteiger partial charge on any atom is -0.345 e. The van der Waals surface area contributed by atoms with Gasteiger partial charge in [0.1, 0.15) is 0 Å². The number of nitrogens with one attached hydrogen (secondary N) is 1. The second kappa shape index (κ2) is 5.96. The van der Waals surface area contributed by atoms with Crippen LogP contribution in [0, 0.1) is 5.41 Å². The van der Waals surface area contributed by atoms with Crippen LogP contribution in [-0.2, 0) is 18.9 Å². The van der Waals surface area contributed by atoms with Gasteiger partial charge < -0.3 is 14.5 Å². The summed E-state index contributed by atoms with van der Waals surface area (Å²) in [6.07, 6.45) is 5.37. The second-order valence-corrected chi connectivity index (χ2v) is 10.0. The summed E-state index contributed by atoms with van der Waals surface area (Å²) in [7, 11) is 2.05. The summed E-state index contributed by atoms with van der Waals surface area (Å²) < 4.78 is 2.10. The van der Waals surface area contributed by atoms with E-state index in [2.05, 4.69) is 64.4 Å². The lowest BCUT2D eigenvalue weighted by Crippen LogP contribution is -2.64. The molecule has 0 spiro atoms. The largest absolute Gasteiger partial charge is 0.345 e. The average Bonchev–Trinajstić information content (AvgIpc) is 3.35. The zero-order valence-corrected chi connectivity index (χ0v) is 18.4. The van der Waals surface area contributed by atoms with Crippen LogP contribution in [0.3, 0.4) is 0 Å². The minimum atomic E-state index is -0.0434. The molecule has 2 aromatic heterocycles. The van der Waals surface area contributed by atoms with Crippen LogP contribution in [0.2, 0.25) is 0 Å². The molecule has 0 radical (unpaired) electrons. The molecule has 6 nitrogen and oxygen atoms in total. The summed E-state index contributed by atoms with van der Waals surface area (Å²) in [5, 5.41) is 0. The molecule has 1 aliphatic carbocycles. The van der Waals surface area contributed by atoms with Crippen molar-refractivity contribution in [1.29, 1.82) is 0 Å². The number of aromatic amines is 1. The van der Waals surface area contributed by atoms with Gasteiger partial charge in [-0.15, -0.1) is 0 Å². The Kier molecular flexibility index (Phi) is 3.58. The molecule has 6 heteroatoms. The molecule has 2 aliphatic rings. The van der Waals surface area contributed by atoms with Crippen molar-refractivity contribution in [2.75, 3.05) is 6.54 Å². The molecule has 4 aromatic rings. The molecule has 158 valence electrons. The molecule has 1 unspecified atom stereocenters. The predicted octanol–water partition coefficient (Wildman–Crippen LogP) is 4.20. The minimum absolute atomic E-state index is 0.00776. The molecule has 1 saturated heterocycles. The van der Waals surface area contributed by atoms with Crippen molar-refractivity contribution in [2.45, 2.75) is 45.1 Å². The van der Waals surface area contributed by atoms with Crippen LogP contribution in [0.15, 0.2) is 43.0 Å². The second-order valence-electron chi connectivity index (χ2n) is 10.0. The highest BCUT2D eigenvalue weighted by molar-refractivity contribution is 5.97. The molecule has 1 N–H and O–H groups in total. The Morgan fingerprint density at radius 2 is 1.97 bits per heavy atom. The van der Waals surface area contributed by atoms with Crippen molar-refractivity contribution in [3.8, 4) is 0 Å². The number of H-pyrrole nitrogens is 1. The Bertz CT molecular complexity index is 1360. The first-order chi connectivity index (χ1) is 14.8. The van der Waals surface area contributed by atoms with Crippen LogP contribution < -0.4 is 0 Å². The third kappa shape index (κ3) is 2.36. The number of amides is 1. The Morgan fingerprint density at radius 3 is 2.81 bits per heavy atom. The Hall–Kier alpha value is -3.15. The molecule has 2 aromatic carbocycles. The number of carbonyl (C=O) groups is 1. The van der Waals surface area contributed by atoms with Crippen molar-refractivity contribution in [1.82, 2.24) is 24.4 Å². The highest BCUT2D eigenvalue weighted by atomic mass is 16.2. The van der Waals surface area contributed by atoms with Gasteiger partial charge in [0.2, 0.25) is 0 Å². The van der Waals surface area contributed by atoms with Gasteiger partial charge in [-0.05, 0) is 59.7 Å². The van der Waals surface area contributed by atoms with Gasteiger partial charge in [0.25, 0.3) is 5.91 Å². The van der Waals surface area contributed by atoms with Gasteiger partial charge in [0.05, 0.1) is 34.7 Å². The van der Waals surface area contributed by atoms with Crippen molar-refractivity contribution in [3.63, 3.8) is 0 Å². The van der Waals surface area contributed by atoms with E-state index in [1.54, 1.807) is 6.33 Å². The van der Waals surface area contributed by atoms with E-state index >= 15 is 0 Å². The molecule has 1 fully saturated rings. The Balaban J connectivity index is 1.45. The number of aryl methyl sites for hydroxylation is 1. The number of aromatic nitrogens is 4. The first-order valence-electron chi connectivity index (χ1n) is 11.0. The number of carbonyl (C=O) groups excluding carboxylic acids is 1. The van der Waals surface area contributed by atoms with Crippen LogP contribution >= 0.6 is 0 Å². The summed E-state index contributed by atoms with van der Waals surface area (Å²) in [4.78, 5) is 27.8. The van der Waals surface area contributed by atoms with E-state index in [-0.39, 0.29) is 22.8 Å². The van der Waals surface area contributed by atoms with Gasteiger partial charge in [-0.2, -0.15) is 0 Å². The number of hydrogen-bond acceptors (Lipinski definition) is 3. The van der Waals surface area contributed by atoms with Crippen LogP contribution in [-0.4, -0.2) is 42.9 Å². The number of benzene rings is 2. The fourth-order valence-electron chi connectivity index (χ4n) is 6.01. The quantitative estimate of drug-likeness (QED) is 0.508. The number of fused-ring (bicyclic) bond motifs is 6. The Labute approximate surface area is 181 Å². The van der Waals surface area contributed by atoms with Crippen LogP contribution in [0.5, 0.6) is 0 Å². The number of rotatable bonds is 1.